The van der Waals surface area contributed by atoms with E-state index in [4.69, 9.17) is 10.5 Å². The lowest BCUT2D eigenvalue weighted by Gasteiger charge is -2.34. The van der Waals surface area contributed by atoms with E-state index in [1.54, 1.807) is 0 Å². The summed E-state index contributed by atoms with van der Waals surface area (Å²) < 4.78 is 9.21. The zero-order valence-electron chi connectivity index (χ0n) is 11.7. The van der Waals surface area contributed by atoms with Crippen molar-refractivity contribution in [1.82, 2.24) is 9.78 Å². The highest BCUT2D eigenvalue weighted by atomic mass is 79.9. The highest BCUT2D eigenvalue weighted by Gasteiger charge is 2.51. The molecule has 3 unspecified atom stereocenters. The fraction of sp³-hybridized carbons (Fsp3) is 0.786. The Kier molecular flexibility index (Phi) is 3.48. The molecular formula is C14H22BrN3O. The summed E-state index contributed by atoms with van der Waals surface area (Å²) >= 11 is 3.71. The molecule has 3 rings (SSSR count). The predicted octanol–water partition coefficient (Wildman–Crippen LogP) is 2.18. The first kappa shape index (κ1) is 13.6. The minimum atomic E-state index is 0.115. The molecule has 1 aromatic heterocycles. The molecule has 3 heterocycles. The summed E-state index contributed by atoms with van der Waals surface area (Å²) in [6, 6.07) is 0. The van der Waals surface area contributed by atoms with Gasteiger partial charge in [0.25, 0.3) is 0 Å². The summed E-state index contributed by atoms with van der Waals surface area (Å²) in [4.78, 5) is 0. The molecule has 2 aliphatic heterocycles. The molecule has 19 heavy (non-hydrogen) atoms. The van der Waals surface area contributed by atoms with Crippen molar-refractivity contribution >= 4 is 15.9 Å². The standard InChI is InChI=1S/C14H22BrN3O/c1-3-10-13(15)11(18(2)17-10)7-14(8-16)6-9-4-5-12(14)19-9/h9,12H,3-8,16H2,1-2H3. The van der Waals surface area contributed by atoms with Crippen molar-refractivity contribution in [3.05, 3.63) is 15.9 Å². The lowest BCUT2D eigenvalue weighted by molar-refractivity contribution is 0.0628. The number of aryl methyl sites for hydroxylation is 2. The zero-order valence-corrected chi connectivity index (χ0v) is 13.2. The normalized spacial score (nSPS) is 33.3. The van der Waals surface area contributed by atoms with E-state index in [1.165, 1.54) is 12.1 Å². The van der Waals surface area contributed by atoms with Crippen molar-refractivity contribution in [3.8, 4) is 0 Å². The second-order valence-corrected chi connectivity index (χ2v) is 6.75. The maximum Gasteiger partial charge on any atom is 0.0766 e. The summed E-state index contributed by atoms with van der Waals surface area (Å²) in [6.45, 7) is 2.84. The number of rotatable bonds is 4. The van der Waals surface area contributed by atoms with Gasteiger partial charge >= 0.3 is 0 Å². The van der Waals surface area contributed by atoms with E-state index in [2.05, 4.69) is 28.0 Å². The van der Waals surface area contributed by atoms with Crippen LogP contribution in [0.4, 0.5) is 0 Å². The van der Waals surface area contributed by atoms with E-state index in [9.17, 15) is 0 Å². The molecule has 2 saturated heterocycles. The van der Waals surface area contributed by atoms with Gasteiger partial charge in [-0.25, -0.2) is 0 Å². The van der Waals surface area contributed by atoms with Crippen molar-refractivity contribution in [3.63, 3.8) is 0 Å². The van der Waals surface area contributed by atoms with Crippen LogP contribution in [0.3, 0.4) is 0 Å². The first-order valence-corrected chi connectivity index (χ1v) is 7.94. The third-order valence-electron chi connectivity index (χ3n) is 4.85. The molecule has 4 nitrogen and oxygen atoms in total. The molecule has 0 amide bonds. The average molecular weight is 328 g/mol. The SMILES string of the molecule is CCc1nn(C)c(CC2(CN)CC3CCC2O3)c1Br. The van der Waals surface area contributed by atoms with E-state index >= 15 is 0 Å². The highest BCUT2D eigenvalue weighted by molar-refractivity contribution is 9.10. The summed E-state index contributed by atoms with van der Waals surface area (Å²) in [5, 5.41) is 4.59. The predicted molar refractivity (Wildman–Crippen MR) is 78.0 cm³/mol. The fourth-order valence-corrected chi connectivity index (χ4v) is 4.47. The number of halogens is 1. The molecule has 5 heteroatoms. The van der Waals surface area contributed by atoms with Gasteiger partial charge < -0.3 is 10.5 Å². The monoisotopic (exact) mass is 327 g/mol. The molecule has 3 atom stereocenters. The smallest absolute Gasteiger partial charge is 0.0766 e. The van der Waals surface area contributed by atoms with Crippen LogP contribution in [0.25, 0.3) is 0 Å². The molecule has 0 radical (unpaired) electrons. The van der Waals surface area contributed by atoms with Crippen molar-refractivity contribution in [1.29, 1.82) is 0 Å². The maximum atomic E-state index is 6.12. The summed E-state index contributed by atoms with van der Waals surface area (Å²) in [6.07, 6.45) is 6.17. The van der Waals surface area contributed by atoms with Crippen LogP contribution in [0, 0.1) is 5.41 Å². The Hall–Kier alpha value is -0.390. The molecule has 0 spiro atoms. The van der Waals surface area contributed by atoms with Gasteiger partial charge in [0.1, 0.15) is 0 Å². The Labute approximate surface area is 122 Å². The molecule has 2 bridgehead atoms. The van der Waals surface area contributed by atoms with Gasteiger partial charge in [-0.15, -0.1) is 0 Å². The van der Waals surface area contributed by atoms with Crippen molar-refractivity contribution in [2.24, 2.45) is 18.2 Å². The Bertz CT molecular complexity index is 487. The maximum absolute atomic E-state index is 6.12. The van der Waals surface area contributed by atoms with Gasteiger partial charge in [-0.1, -0.05) is 6.92 Å². The van der Waals surface area contributed by atoms with E-state index in [0.717, 1.165) is 35.8 Å². The number of hydrogen-bond acceptors (Lipinski definition) is 3. The number of ether oxygens (including phenoxy) is 1. The second-order valence-electron chi connectivity index (χ2n) is 5.96. The minimum absolute atomic E-state index is 0.115. The number of nitrogens with zero attached hydrogens (tertiary/aromatic N) is 2. The fourth-order valence-electron chi connectivity index (χ4n) is 3.71. The minimum Gasteiger partial charge on any atom is -0.374 e. The Morgan fingerprint density at radius 3 is 2.79 bits per heavy atom. The van der Waals surface area contributed by atoms with E-state index in [1.807, 2.05) is 11.7 Å². The van der Waals surface area contributed by atoms with Crippen LogP contribution in [0.15, 0.2) is 4.47 Å². The van der Waals surface area contributed by atoms with E-state index in [-0.39, 0.29) is 5.41 Å². The molecule has 1 aromatic rings. The molecule has 0 saturated carbocycles. The van der Waals surface area contributed by atoms with Crippen LogP contribution >= 0.6 is 15.9 Å². The first-order chi connectivity index (χ1) is 9.09. The molecule has 0 aliphatic carbocycles. The molecule has 2 fully saturated rings. The van der Waals surface area contributed by atoms with Gasteiger partial charge in [-0.05, 0) is 48.0 Å². The highest BCUT2D eigenvalue weighted by Crippen LogP contribution is 2.49. The van der Waals surface area contributed by atoms with Gasteiger partial charge in [0.05, 0.1) is 28.1 Å². The Morgan fingerprint density at radius 2 is 2.32 bits per heavy atom. The Morgan fingerprint density at radius 1 is 1.53 bits per heavy atom. The third-order valence-corrected chi connectivity index (χ3v) is 5.77. The van der Waals surface area contributed by atoms with Crippen LogP contribution in [-0.4, -0.2) is 28.5 Å². The van der Waals surface area contributed by atoms with Crippen LogP contribution in [0.2, 0.25) is 0 Å². The van der Waals surface area contributed by atoms with Gasteiger partial charge in [0.2, 0.25) is 0 Å². The summed E-state index contributed by atoms with van der Waals surface area (Å²) in [5.41, 5.74) is 8.63. The summed E-state index contributed by atoms with van der Waals surface area (Å²) in [5.74, 6) is 0. The van der Waals surface area contributed by atoms with Gasteiger partial charge in [-0.2, -0.15) is 5.10 Å². The number of fused-ring (bicyclic) bond motifs is 2. The van der Waals surface area contributed by atoms with Crippen LogP contribution in [0.1, 0.15) is 37.6 Å². The van der Waals surface area contributed by atoms with Crippen LogP contribution in [-0.2, 0) is 24.6 Å². The van der Waals surface area contributed by atoms with Crippen LogP contribution < -0.4 is 5.73 Å². The van der Waals surface area contributed by atoms with Crippen LogP contribution in [0.5, 0.6) is 0 Å². The van der Waals surface area contributed by atoms with Crippen molar-refractivity contribution in [2.75, 3.05) is 6.54 Å². The van der Waals surface area contributed by atoms with Crippen molar-refractivity contribution < 1.29 is 4.74 Å². The molecular weight excluding hydrogens is 306 g/mol. The Balaban J connectivity index is 1.90. The summed E-state index contributed by atoms with van der Waals surface area (Å²) in [7, 11) is 2.03. The van der Waals surface area contributed by atoms with E-state index < -0.39 is 0 Å². The lowest BCUT2D eigenvalue weighted by Crippen LogP contribution is -2.42. The lowest BCUT2D eigenvalue weighted by atomic mass is 9.71. The van der Waals surface area contributed by atoms with Gasteiger partial charge in [0, 0.05) is 19.0 Å². The average Bonchev–Trinajstić information content (AvgIpc) is 3.07. The molecule has 2 N–H and O–H groups in total. The number of hydrogen-bond donors (Lipinski definition) is 1. The third kappa shape index (κ3) is 2.06. The molecule has 2 aliphatic rings. The van der Waals surface area contributed by atoms with Gasteiger partial charge in [-0.3, -0.25) is 4.68 Å². The van der Waals surface area contributed by atoms with E-state index in [0.29, 0.717) is 18.8 Å². The first-order valence-electron chi connectivity index (χ1n) is 7.15. The number of aromatic nitrogens is 2. The van der Waals surface area contributed by atoms with Crippen molar-refractivity contribution in [2.45, 2.75) is 51.2 Å². The molecule has 0 aromatic carbocycles. The largest absolute Gasteiger partial charge is 0.374 e. The second kappa shape index (κ2) is 4.86. The number of nitrogens with two attached hydrogens (primary N) is 1. The quantitative estimate of drug-likeness (QED) is 0.922. The zero-order chi connectivity index (χ0) is 13.6. The topological polar surface area (TPSA) is 53.1 Å². The van der Waals surface area contributed by atoms with Gasteiger partial charge in [0.15, 0.2) is 0 Å². The molecule has 106 valence electrons.